The van der Waals surface area contributed by atoms with E-state index in [1.807, 2.05) is 12.4 Å². The average Bonchev–Trinajstić information content (AvgIpc) is 2.74. The molecule has 0 spiro atoms. The Labute approximate surface area is 97.4 Å². The molecule has 3 nitrogen and oxygen atoms in total. The van der Waals surface area contributed by atoms with E-state index < -0.39 is 0 Å². The zero-order chi connectivity index (χ0) is 11.4. The predicted octanol–water partition coefficient (Wildman–Crippen LogP) is 1.89. The summed E-state index contributed by atoms with van der Waals surface area (Å²) in [6.45, 7) is 2.33. The zero-order valence-electron chi connectivity index (χ0n) is 9.89. The summed E-state index contributed by atoms with van der Waals surface area (Å²) in [5, 5.41) is 0. The summed E-state index contributed by atoms with van der Waals surface area (Å²) in [7, 11) is 0. The number of hydrazine groups is 1. The molecule has 3 heteroatoms. The summed E-state index contributed by atoms with van der Waals surface area (Å²) in [5.41, 5.74) is 4.31. The Morgan fingerprint density at radius 3 is 2.75 bits per heavy atom. The van der Waals surface area contributed by atoms with E-state index in [2.05, 4.69) is 29.5 Å². The van der Waals surface area contributed by atoms with Crippen LogP contribution >= 0.6 is 0 Å². The Kier molecular flexibility index (Phi) is 3.91. The molecule has 1 heterocycles. The zero-order valence-corrected chi connectivity index (χ0v) is 9.89. The number of aromatic nitrogens is 1. The molecule has 1 aromatic rings. The standard InChI is InChI=1S/C13H21N3/c1-10-2-3-12(8-10)13(16-14)9-11-4-6-15-7-5-11/h4-7,10,12-13,16H,2-3,8-9,14H2,1H3. The molecule has 88 valence electrons. The highest BCUT2D eigenvalue weighted by molar-refractivity contribution is 5.11. The SMILES string of the molecule is CC1CCC(C(Cc2ccncc2)NN)C1. The normalized spacial score (nSPS) is 26.9. The van der Waals surface area contributed by atoms with Gasteiger partial charge in [0.25, 0.3) is 0 Å². The molecule has 3 N–H and O–H groups in total. The van der Waals surface area contributed by atoms with E-state index in [0.717, 1.165) is 18.3 Å². The minimum absolute atomic E-state index is 0.410. The van der Waals surface area contributed by atoms with E-state index in [1.165, 1.54) is 24.8 Å². The third-order valence-electron chi connectivity index (χ3n) is 3.72. The molecule has 1 aromatic heterocycles. The van der Waals surface area contributed by atoms with Crippen LogP contribution in [0, 0.1) is 11.8 Å². The Morgan fingerprint density at radius 2 is 2.19 bits per heavy atom. The van der Waals surface area contributed by atoms with E-state index in [1.54, 1.807) is 0 Å². The van der Waals surface area contributed by atoms with Crippen LogP contribution in [0.25, 0.3) is 0 Å². The van der Waals surface area contributed by atoms with Crippen molar-refractivity contribution < 1.29 is 0 Å². The summed E-state index contributed by atoms with van der Waals surface area (Å²) < 4.78 is 0. The van der Waals surface area contributed by atoms with Crippen molar-refractivity contribution in [3.8, 4) is 0 Å². The van der Waals surface area contributed by atoms with E-state index in [-0.39, 0.29) is 0 Å². The lowest BCUT2D eigenvalue weighted by molar-refractivity contribution is 0.353. The highest BCUT2D eigenvalue weighted by Crippen LogP contribution is 2.33. The summed E-state index contributed by atoms with van der Waals surface area (Å²) in [6, 6.07) is 4.55. The number of nitrogens with two attached hydrogens (primary N) is 1. The second-order valence-electron chi connectivity index (χ2n) is 5.01. The first-order chi connectivity index (χ1) is 7.79. The van der Waals surface area contributed by atoms with E-state index >= 15 is 0 Å². The number of nitrogens with zero attached hydrogens (tertiary/aromatic N) is 1. The van der Waals surface area contributed by atoms with Crippen LogP contribution in [0.1, 0.15) is 31.7 Å². The van der Waals surface area contributed by atoms with Gasteiger partial charge in [0.15, 0.2) is 0 Å². The van der Waals surface area contributed by atoms with Gasteiger partial charge in [-0.3, -0.25) is 16.3 Å². The van der Waals surface area contributed by atoms with Gasteiger partial charge >= 0.3 is 0 Å². The minimum atomic E-state index is 0.410. The van der Waals surface area contributed by atoms with Crippen molar-refractivity contribution in [2.24, 2.45) is 17.7 Å². The largest absolute Gasteiger partial charge is 0.271 e. The molecular weight excluding hydrogens is 198 g/mol. The van der Waals surface area contributed by atoms with Gasteiger partial charge in [0.2, 0.25) is 0 Å². The van der Waals surface area contributed by atoms with Crippen LogP contribution < -0.4 is 11.3 Å². The molecule has 0 saturated heterocycles. The van der Waals surface area contributed by atoms with Crippen LogP contribution in [0.5, 0.6) is 0 Å². The molecule has 1 fully saturated rings. The van der Waals surface area contributed by atoms with Crippen LogP contribution in [0.15, 0.2) is 24.5 Å². The maximum atomic E-state index is 5.68. The minimum Gasteiger partial charge on any atom is -0.271 e. The number of pyridine rings is 1. The fourth-order valence-electron chi connectivity index (χ4n) is 2.75. The number of nitrogens with one attached hydrogen (secondary N) is 1. The molecule has 1 aliphatic carbocycles. The van der Waals surface area contributed by atoms with Gasteiger partial charge < -0.3 is 0 Å². The van der Waals surface area contributed by atoms with Crippen molar-refractivity contribution in [3.63, 3.8) is 0 Å². The van der Waals surface area contributed by atoms with Gasteiger partial charge in [-0.15, -0.1) is 0 Å². The van der Waals surface area contributed by atoms with Crippen LogP contribution in [0.3, 0.4) is 0 Å². The van der Waals surface area contributed by atoms with E-state index in [4.69, 9.17) is 5.84 Å². The second-order valence-corrected chi connectivity index (χ2v) is 5.01. The number of hydrogen-bond donors (Lipinski definition) is 2. The Balaban J connectivity index is 1.96. The summed E-state index contributed by atoms with van der Waals surface area (Å²) in [5.74, 6) is 7.27. The summed E-state index contributed by atoms with van der Waals surface area (Å²) in [4.78, 5) is 4.04. The third-order valence-corrected chi connectivity index (χ3v) is 3.72. The fourth-order valence-corrected chi connectivity index (χ4v) is 2.75. The van der Waals surface area contributed by atoms with Crippen LogP contribution in [0.2, 0.25) is 0 Å². The highest BCUT2D eigenvalue weighted by atomic mass is 15.2. The molecule has 3 atom stereocenters. The van der Waals surface area contributed by atoms with Gasteiger partial charge in [0, 0.05) is 18.4 Å². The monoisotopic (exact) mass is 219 g/mol. The quantitative estimate of drug-likeness (QED) is 0.600. The van der Waals surface area contributed by atoms with E-state index in [9.17, 15) is 0 Å². The van der Waals surface area contributed by atoms with Gasteiger partial charge in [-0.1, -0.05) is 13.3 Å². The Hall–Kier alpha value is -0.930. The molecular formula is C13H21N3. The summed E-state index contributed by atoms with van der Waals surface area (Å²) >= 11 is 0. The molecule has 16 heavy (non-hydrogen) atoms. The molecule has 0 aromatic carbocycles. The maximum absolute atomic E-state index is 5.68. The van der Waals surface area contributed by atoms with E-state index in [0.29, 0.717) is 6.04 Å². The predicted molar refractivity (Wildman–Crippen MR) is 65.6 cm³/mol. The molecule has 0 radical (unpaired) electrons. The topological polar surface area (TPSA) is 50.9 Å². The van der Waals surface area contributed by atoms with Crippen molar-refractivity contribution in [2.75, 3.05) is 0 Å². The first kappa shape index (κ1) is 11.6. The second kappa shape index (κ2) is 5.41. The smallest absolute Gasteiger partial charge is 0.0279 e. The lowest BCUT2D eigenvalue weighted by Gasteiger charge is -2.22. The molecule has 1 saturated carbocycles. The van der Waals surface area contributed by atoms with Crippen LogP contribution in [0.4, 0.5) is 0 Å². The Bertz CT molecular complexity index is 312. The average molecular weight is 219 g/mol. The van der Waals surface area contributed by atoms with Crippen molar-refractivity contribution in [1.29, 1.82) is 0 Å². The molecule has 0 aliphatic heterocycles. The molecule has 1 aliphatic rings. The lowest BCUT2D eigenvalue weighted by Crippen LogP contribution is -2.41. The van der Waals surface area contributed by atoms with Crippen molar-refractivity contribution in [3.05, 3.63) is 30.1 Å². The van der Waals surface area contributed by atoms with Gasteiger partial charge in [-0.05, 0) is 48.8 Å². The molecule has 0 amide bonds. The van der Waals surface area contributed by atoms with Gasteiger partial charge in [0.1, 0.15) is 0 Å². The lowest BCUT2D eigenvalue weighted by atomic mass is 9.92. The molecule has 2 rings (SSSR count). The van der Waals surface area contributed by atoms with Crippen molar-refractivity contribution >= 4 is 0 Å². The third kappa shape index (κ3) is 2.80. The Morgan fingerprint density at radius 1 is 1.44 bits per heavy atom. The van der Waals surface area contributed by atoms with Gasteiger partial charge in [0.05, 0.1) is 0 Å². The highest BCUT2D eigenvalue weighted by Gasteiger charge is 2.28. The van der Waals surface area contributed by atoms with Gasteiger partial charge in [-0.25, -0.2) is 0 Å². The van der Waals surface area contributed by atoms with Crippen LogP contribution in [-0.4, -0.2) is 11.0 Å². The van der Waals surface area contributed by atoms with Gasteiger partial charge in [-0.2, -0.15) is 0 Å². The number of rotatable bonds is 4. The first-order valence-electron chi connectivity index (χ1n) is 6.14. The van der Waals surface area contributed by atoms with Crippen LogP contribution in [-0.2, 0) is 6.42 Å². The molecule has 3 unspecified atom stereocenters. The first-order valence-corrected chi connectivity index (χ1v) is 6.14. The molecule has 0 bridgehead atoms. The maximum Gasteiger partial charge on any atom is 0.0279 e. The number of hydrogen-bond acceptors (Lipinski definition) is 3. The fraction of sp³-hybridized carbons (Fsp3) is 0.615. The van der Waals surface area contributed by atoms with Crippen molar-refractivity contribution in [2.45, 2.75) is 38.6 Å². The summed E-state index contributed by atoms with van der Waals surface area (Å²) in [6.07, 6.45) is 8.66. The van der Waals surface area contributed by atoms with Crippen molar-refractivity contribution in [1.82, 2.24) is 10.4 Å².